The van der Waals surface area contributed by atoms with Crippen LogP contribution >= 0.6 is 0 Å². The lowest BCUT2D eigenvalue weighted by Gasteiger charge is -2.39. The first kappa shape index (κ1) is 31.9. The molecule has 0 radical (unpaired) electrons. The minimum Gasteiger partial charge on any atom is -0.508 e. The number of benzene rings is 2. The van der Waals surface area contributed by atoms with Crippen molar-refractivity contribution in [3.63, 3.8) is 0 Å². The zero-order valence-corrected chi connectivity index (χ0v) is 22.5. The van der Waals surface area contributed by atoms with E-state index in [4.69, 9.17) is 23.4 Å². The van der Waals surface area contributed by atoms with Crippen molar-refractivity contribution in [3.05, 3.63) is 46.6 Å². The van der Waals surface area contributed by atoms with E-state index >= 15 is 0 Å². The summed E-state index contributed by atoms with van der Waals surface area (Å²) in [6.07, 6.45) is -20.4. The summed E-state index contributed by atoms with van der Waals surface area (Å²) >= 11 is 0. The molecule has 18 heteroatoms. The van der Waals surface area contributed by atoms with E-state index in [1.54, 1.807) is 0 Å². The Morgan fingerprint density at radius 2 is 1.20 bits per heavy atom. The molecule has 0 bridgehead atoms. The Bertz CT molecular complexity index is 1670. The number of hydrogen-bond acceptors (Lipinski definition) is 16. The molecule has 2 aliphatic heterocycles. The van der Waals surface area contributed by atoms with Crippen molar-refractivity contribution in [3.8, 4) is 34.3 Å². The minimum absolute atomic E-state index is 0.0174. The quantitative estimate of drug-likeness (QED) is 0.127. The smallest absolute Gasteiger partial charge is 0.335 e. The molecule has 242 valence electrons. The van der Waals surface area contributed by atoms with Gasteiger partial charge in [-0.1, -0.05) is 0 Å². The number of ether oxygens (including phenoxy) is 4. The molecule has 0 amide bonds. The summed E-state index contributed by atoms with van der Waals surface area (Å²) in [5.41, 5.74) is -0.940. The van der Waals surface area contributed by atoms with E-state index in [0.717, 1.165) is 30.3 Å². The van der Waals surface area contributed by atoms with Crippen molar-refractivity contribution >= 4 is 22.9 Å². The average Bonchev–Trinajstić information content (AvgIpc) is 2.97. The molecule has 2 saturated heterocycles. The summed E-state index contributed by atoms with van der Waals surface area (Å²) in [6.45, 7) is 0. The highest BCUT2D eigenvalue weighted by Crippen LogP contribution is 2.38. The number of phenolic OH excluding ortho intramolecular Hbond substituents is 2. The number of aliphatic hydroxyl groups is 6. The molecule has 1 aromatic heterocycles. The highest BCUT2D eigenvalue weighted by atomic mass is 16.7. The third kappa shape index (κ3) is 5.95. The summed E-state index contributed by atoms with van der Waals surface area (Å²) in [6, 6.07) is 6.39. The van der Waals surface area contributed by atoms with E-state index in [2.05, 4.69) is 0 Å². The van der Waals surface area contributed by atoms with Gasteiger partial charge in [-0.3, -0.25) is 4.79 Å². The third-order valence-electron chi connectivity index (χ3n) is 7.14. The molecule has 3 heterocycles. The number of carboxylic acids is 2. The number of hydrogen-bond donors (Lipinski definition) is 10. The van der Waals surface area contributed by atoms with Crippen LogP contribution < -0.4 is 14.9 Å². The van der Waals surface area contributed by atoms with E-state index in [9.17, 15) is 65.4 Å². The van der Waals surface area contributed by atoms with Gasteiger partial charge in [-0.2, -0.15) is 0 Å². The summed E-state index contributed by atoms with van der Waals surface area (Å²) in [7, 11) is 0. The first-order valence-electron chi connectivity index (χ1n) is 13.0. The number of aliphatic carboxylic acids is 2. The Labute approximate surface area is 249 Å². The standard InChI is InChI=1S/C27H26O18/c28-8-4-9(29)15-10(30)6-12(41-14(15)5-8)7-1-2-11(42-26-20(35)16(31)18(33)22(44-26)24(37)38)13(3-7)43-27-21(36)17(32)19(34)23(45-27)25(39)40/h1-6,16-23,26-29,31-36H,(H,37,38)(H,39,40). The summed E-state index contributed by atoms with van der Waals surface area (Å²) in [5.74, 6) is -5.52. The minimum atomic E-state index is -2.08. The number of carbonyl (C=O) groups is 2. The van der Waals surface area contributed by atoms with Gasteiger partial charge in [0, 0.05) is 23.8 Å². The largest absolute Gasteiger partial charge is 0.508 e. The van der Waals surface area contributed by atoms with Gasteiger partial charge in [-0.05, 0) is 18.2 Å². The van der Waals surface area contributed by atoms with Gasteiger partial charge >= 0.3 is 11.9 Å². The average molecular weight is 638 g/mol. The molecule has 0 spiro atoms. The predicted molar refractivity (Wildman–Crippen MR) is 141 cm³/mol. The van der Waals surface area contributed by atoms with E-state index in [1.165, 1.54) is 6.07 Å². The molecule has 2 aliphatic rings. The van der Waals surface area contributed by atoms with Gasteiger partial charge in [0.25, 0.3) is 0 Å². The van der Waals surface area contributed by atoms with Gasteiger partial charge in [0.2, 0.25) is 12.6 Å². The SMILES string of the molecule is O=C(O)C1OC(Oc2ccc(-c3cc(=O)c4c(O)cc(O)cc4o3)cc2OC2OC(C(=O)O)C(O)C(O)C2O)C(O)C(O)C1O. The molecular formula is C27H26O18. The highest BCUT2D eigenvalue weighted by Gasteiger charge is 2.50. The van der Waals surface area contributed by atoms with Gasteiger partial charge in [0.05, 0.1) is 0 Å². The van der Waals surface area contributed by atoms with Crippen LogP contribution in [0.5, 0.6) is 23.0 Å². The second-order valence-corrected chi connectivity index (χ2v) is 10.2. The Balaban J connectivity index is 1.57. The van der Waals surface area contributed by atoms with Crippen LogP contribution in [0.4, 0.5) is 0 Å². The van der Waals surface area contributed by atoms with Crippen molar-refractivity contribution in [2.24, 2.45) is 0 Å². The van der Waals surface area contributed by atoms with Crippen LogP contribution in [0.1, 0.15) is 0 Å². The fourth-order valence-corrected chi connectivity index (χ4v) is 4.80. The highest BCUT2D eigenvalue weighted by molar-refractivity contribution is 5.86. The summed E-state index contributed by atoms with van der Waals surface area (Å²) in [4.78, 5) is 35.9. The van der Waals surface area contributed by atoms with Crippen LogP contribution in [0, 0.1) is 0 Å². The fourth-order valence-electron chi connectivity index (χ4n) is 4.80. The van der Waals surface area contributed by atoms with Crippen molar-refractivity contribution in [1.82, 2.24) is 0 Å². The monoisotopic (exact) mass is 638 g/mol. The van der Waals surface area contributed by atoms with Crippen molar-refractivity contribution in [2.45, 2.75) is 61.4 Å². The fraction of sp³-hybridized carbons (Fsp3) is 0.370. The number of rotatable bonds is 7. The van der Waals surface area contributed by atoms with E-state index < -0.39 is 102 Å². The summed E-state index contributed by atoms with van der Waals surface area (Å²) < 4.78 is 27.1. The zero-order chi connectivity index (χ0) is 32.9. The Kier molecular flexibility index (Phi) is 8.58. The molecule has 2 fully saturated rings. The van der Waals surface area contributed by atoms with Crippen LogP contribution in [-0.2, 0) is 19.1 Å². The number of fused-ring (bicyclic) bond motifs is 1. The van der Waals surface area contributed by atoms with Gasteiger partial charge in [0.15, 0.2) is 29.1 Å². The predicted octanol–water partition coefficient (Wildman–Crippen LogP) is -2.59. The second-order valence-electron chi connectivity index (χ2n) is 10.2. The van der Waals surface area contributed by atoms with Crippen LogP contribution in [0.15, 0.2) is 45.6 Å². The molecule has 0 aliphatic carbocycles. The van der Waals surface area contributed by atoms with Gasteiger partial charge < -0.3 is 74.4 Å². The Morgan fingerprint density at radius 3 is 1.73 bits per heavy atom. The van der Waals surface area contributed by atoms with E-state index in [0.29, 0.717) is 0 Å². The third-order valence-corrected chi connectivity index (χ3v) is 7.14. The molecule has 5 rings (SSSR count). The number of aromatic hydroxyl groups is 2. The lowest BCUT2D eigenvalue weighted by molar-refractivity contribution is -0.276. The normalized spacial score (nSPS) is 31.8. The Hall–Kier alpha value is -4.53. The number of phenols is 2. The molecular weight excluding hydrogens is 612 g/mol. The summed E-state index contributed by atoms with van der Waals surface area (Å²) in [5, 5.41) is 99.7. The van der Waals surface area contributed by atoms with E-state index in [1.807, 2.05) is 0 Å². The maximum atomic E-state index is 12.8. The van der Waals surface area contributed by atoms with E-state index in [-0.39, 0.29) is 22.3 Å². The molecule has 10 unspecified atom stereocenters. The lowest BCUT2D eigenvalue weighted by Crippen LogP contribution is -2.61. The molecule has 45 heavy (non-hydrogen) atoms. The molecule has 10 N–H and O–H groups in total. The lowest BCUT2D eigenvalue weighted by atomic mass is 9.99. The van der Waals surface area contributed by atoms with Crippen molar-refractivity contribution in [2.75, 3.05) is 0 Å². The van der Waals surface area contributed by atoms with Gasteiger partial charge in [-0.25, -0.2) is 9.59 Å². The van der Waals surface area contributed by atoms with Crippen LogP contribution in [0.3, 0.4) is 0 Å². The van der Waals surface area contributed by atoms with Gasteiger partial charge in [-0.15, -0.1) is 0 Å². The zero-order valence-electron chi connectivity index (χ0n) is 22.5. The topological polar surface area (TPSA) is 304 Å². The molecule has 18 nitrogen and oxygen atoms in total. The molecule has 10 atom stereocenters. The van der Waals surface area contributed by atoms with Crippen molar-refractivity contribution in [1.29, 1.82) is 0 Å². The maximum Gasteiger partial charge on any atom is 0.335 e. The number of aliphatic hydroxyl groups excluding tert-OH is 6. The Morgan fingerprint density at radius 1 is 0.667 bits per heavy atom. The maximum absolute atomic E-state index is 12.8. The van der Waals surface area contributed by atoms with Crippen LogP contribution in [-0.4, -0.2) is 124 Å². The molecule has 2 aromatic carbocycles. The first-order valence-corrected chi connectivity index (χ1v) is 13.0. The van der Waals surface area contributed by atoms with Crippen LogP contribution in [0.25, 0.3) is 22.3 Å². The van der Waals surface area contributed by atoms with Crippen LogP contribution in [0.2, 0.25) is 0 Å². The molecule has 0 saturated carbocycles. The molecule has 3 aromatic rings. The van der Waals surface area contributed by atoms with Gasteiger partial charge in [0.1, 0.15) is 64.9 Å². The number of carboxylic acid groups (broad SMARTS) is 2. The van der Waals surface area contributed by atoms with Crippen molar-refractivity contribution < 1.29 is 84.0 Å². The first-order chi connectivity index (χ1) is 21.2. The second kappa shape index (κ2) is 12.1.